The molecule has 0 aliphatic carbocycles. The SMILES string of the molecule is CN(CCOc1ccccc1Cl)C(=O)CCCCCl. The minimum absolute atomic E-state index is 0.118. The highest BCUT2D eigenvalue weighted by atomic mass is 35.5. The maximum Gasteiger partial charge on any atom is 0.222 e. The molecule has 1 rings (SSSR count). The van der Waals surface area contributed by atoms with Gasteiger partial charge in [-0.1, -0.05) is 23.7 Å². The lowest BCUT2D eigenvalue weighted by Crippen LogP contribution is -2.30. The van der Waals surface area contributed by atoms with Crippen LogP contribution in [0.25, 0.3) is 0 Å². The molecule has 0 saturated heterocycles. The van der Waals surface area contributed by atoms with Crippen LogP contribution < -0.4 is 4.74 Å². The smallest absolute Gasteiger partial charge is 0.222 e. The molecule has 0 bridgehead atoms. The number of benzene rings is 1. The first kappa shape index (κ1) is 16.1. The topological polar surface area (TPSA) is 29.5 Å². The lowest BCUT2D eigenvalue weighted by atomic mass is 10.2. The minimum atomic E-state index is 0.118. The quantitative estimate of drug-likeness (QED) is 0.542. The number of halogens is 2. The van der Waals surface area contributed by atoms with Crippen LogP contribution in [0.1, 0.15) is 19.3 Å². The highest BCUT2D eigenvalue weighted by Gasteiger charge is 2.08. The predicted octanol–water partition coefficient (Wildman–Crippen LogP) is 3.59. The molecule has 19 heavy (non-hydrogen) atoms. The normalized spacial score (nSPS) is 10.3. The van der Waals surface area contributed by atoms with Crippen molar-refractivity contribution in [1.29, 1.82) is 0 Å². The number of hydrogen-bond acceptors (Lipinski definition) is 2. The van der Waals surface area contributed by atoms with E-state index < -0.39 is 0 Å². The molecule has 1 amide bonds. The van der Waals surface area contributed by atoms with Gasteiger partial charge in [-0.2, -0.15) is 0 Å². The summed E-state index contributed by atoms with van der Waals surface area (Å²) in [7, 11) is 1.78. The molecule has 0 heterocycles. The van der Waals surface area contributed by atoms with E-state index in [2.05, 4.69) is 0 Å². The van der Waals surface area contributed by atoms with Crippen LogP contribution in [0.5, 0.6) is 5.75 Å². The fourth-order valence-corrected chi connectivity index (χ4v) is 1.92. The summed E-state index contributed by atoms with van der Waals surface area (Å²) in [6, 6.07) is 7.30. The fourth-order valence-electron chi connectivity index (χ4n) is 1.54. The predicted molar refractivity (Wildman–Crippen MR) is 79.2 cm³/mol. The first-order valence-corrected chi connectivity index (χ1v) is 7.23. The zero-order valence-electron chi connectivity index (χ0n) is 11.1. The van der Waals surface area contributed by atoms with Gasteiger partial charge >= 0.3 is 0 Å². The van der Waals surface area contributed by atoms with E-state index in [4.69, 9.17) is 27.9 Å². The van der Waals surface area contributed by atoms with Gasteiger partial charge in [-0.3, -0.25) is 4.79 Å². The van der Waals surface area contributed by atoms with Gasteiger partial charge in [0.25, 0.3) is 0 Å². The first-order valence-electron chi connectivity index (χ1n) is 6.32. The Balaban J connectivity index is 2.25. The lowest BCUT2D eigenvalue weighted by molar-refractivity contribution is -0.130. The largest absolute Gasteiger partial charge is 0.490 e. The summed E-state index contributed by atoms with van der Waals surface area (Å²) in [5.74, 6) is 1.37. The molecule has 0 atom stereocenters. The minimum Gasteiger partial charge on any atom is -0.490 e. The zero-order chi connectivity index (χ0) is 14.1. The Bertz CT molecular complexity index is 399. The molecule has 0 unspecified atom stereocenters. The van der Waals surface area contributed by atoms with E-state index in [0.717, 1.165) is 12.8 Å². The van der Waals surface area contributed by atoms with E-state index in [1.54, 1.807) is 18.0 Å². The third-order valence-corrected chi connectivity index (χ3v) is 3.30. The summed E-state index contributed by atoms with van der Waals surface area (Å²) in [4.78, 5) is 13.4. The van der Waals surface area contributed by atoms with Gasteiger partial charge in [-0.05, 0) is 25.0 Å². The second-order valence-electron chi connectivity index (χ2n) is 4.24. The van der Waals surface area contributed by atoms with Crippen molar-refractivity contribution in [2.75, 3.05) is 26.1 Å². The number of carbonyl (C=O) groups excluding carboxylic acids is 1. The Morgan fingerprint density at radius 1 is 1.32 bits per heavy atom. The number of para-hydroxylation sites is 1. The molecule has 3 nitrogen and oxygen atoms in total. The third kappa shape index (κ3) is 6.17. The van der Waals surface area contributed by atoms with Gasteiger partial charge in [-0.25, -0.2) is 0 Å². The lowest BCUT2D eigenvalue weighted by Gasteiger charge is -2.17. The zero-order valence-corrected chi connectivity index (χ0v) is 12.6. The van der Waals surface area contributed by atoms with Crippen molar-refractivity contribution in [2.24, 2.45) is 0 Å². The van der Waals surface area contributed by atoms with Crippen LogP contribution in [0, 0.1) is 0 Å². The van der Waals surface area contributed by atoms with E-state index in [9.17, 15) is 4.79 Å². The molecule has 106 valence electrons. The number of amides is 1. The maximum atomic E-state index is 11.7. The molecule has 1 aromatic rings. The molecule has 0 aromatic heterocycles. The van der Waals surface area contributed by atoms with Crippen molar-refractivity contribution in [1.82, 2.24) is 4.90 Å². The summed E-state index contributed by atoms with van der Waals surface area (Å²) >= 11 is 11.5. The van der Waals surface area contributed by atoms with Crippen LogP contribution >= 0.6 is 23.2 Å². The van der Waals surface area contributed by atoms with Gasteiger partial charge in [0.1, 0.15) is 12.4 Å². The van der Waals surface area contributed by atoms with Crippen molar-refractivity contribution in [3.05, 3.63) is 29.3 Å². The highest BCUT2D eigenvalue weighted by molar-refractivity contribution is 6.32. The Morgan fingerprint density at radius 2 is 2.05 bits per heavy atom. The molecule has 0 saturated carbocycles. The Kier molecular flexibility index (Phi) is 7.68. The molecule has 0 N–H and O–H groups in total. The number of hydrogen-bond donors (Lipinski definition) is 0. The Morgan fingerprint density at radius 3 is 2.74 bits per heavy atom. The van der Waals surface area contributed by atoms with Crippen molar-refractivity contribution >= 4 is 29.1 Å². The number of alkyl halides is 1. The van der Waals surface area contributed by atoms with Gasteiger partial charge in [0.15, 0.2) is 0 Å². The molecule has 0 radical (unpaired) electrons. The van der Waals surface area contributed by atoms with E-state index in [1.165, 1.54) is 0 Å². The van der Waals surface area contributed by atoms with E-state index in [0.29, 0.717) is 36.2 Å². The van der Waals surface area contributed by atoms with Crippen molar-refractivity contribution < 1.29 is 9.53 Å². The van der Waals surface area contributed by atoms with Crippen LogP contribution in [0.3, 0.4) is 0 Å². The van der Waals surface area contributed by atoms with Crippen LogP contribution in [0.4, 0.5) is 0 Å². The summed E-state index contributed by atoms with van der Waals surface area (Å²) in [6.45, 7) is 0.979. The molecule has 1 aromatic carbocycles. The van der Waals surface area contributed by atoms with E-state index >= 15 is 0 Å². The standard InChI is InChI=1S/C14H19Cl2NO2/c1-17(14(18)8-4-5-9-15)10-11-19-13-7-3-2-6-12(13)16/h2-3,6-7H,4-5,8-11H2,1H3. The molecule has 0 fully saturated rings. The Hall–Kier alpha value is -0.930. The average Bonchev–Trinajstić information content (AvgIpc) is 2.41. The van der Waals surface area contributed by atoms with E-state index in [1.807, 2.05) is 18.2 Å². The summed E-state index contributed by atoms with van der Waals surface area (Å²) in [5.41, 5.74) is 0. The van der Waals surface area contributed by atoms with Crippen LogP contribution in [0.2, 0.25) is 5.02 Å². The van der Waals surface area contributed by atoms with Crippen molar-refractivity contribution in [3.8, 4) is 5.75 Å². The van der Waals surface area contributed by atoms with Crippen molar-refractivity contribution in [2.45, 2.75) is 19.3 Å². The van der Waals surface area contributed by atoms with Gasteiger partial charge < -0.3 is 9.64 Å². The fraction of sp³-hybridized carbons (Fsp3) is 0.500. The summed E-state index contributed by atoms with van der Waals surface area (Å²) in [6.07, 6.45) is 2.24. The number of carbonyl (C=O) groups is 1. The monoisotopic (exact) mass is 303 g/mol. The number of nitrogens with zero attached hydrogens (tertiary/aromatic N) is 1. The van der Waals surface area contributed by atoms with Gasteiger partial charge in [-0.15, -0.1) is 11.6 Å². The molecule has 0 aliphatic rings. The van der Waals surface area contributed by atoms with Gasteiger partial charge in [0.05, 0.1) is 11.6 Å². The molecule has 0 spiro atoms. The summed E-state index contributed by atoms with van der Waals surface area (Å²) in [5, 5.41) is 0.582. The van der Waals surface area contributed by atoms with Gasteiger partial charge in [0, 0.05) is 19.3 Å². The highest BCUT2D eigenvalue weighted by Crippen LogP contribution is 2.22. The van der Waals surface area contributed by atoms with E-state index in [-0.39, 0.29) is 5.91 Å². The molecule has 5 heteroatoms. The summed E-state index contributed by atoms with van der Waals surface area (Å²) < 4.78 is 5.54. The average molecular weight is 304 g/mol. The van der Waals surface area contributed by atoms with Crippen molar-refractivity contribution in [3.63, 3.8) is 0 Å². The van der Waals surface area contributed by atoms with Crippen LogP contribution in [-0.2, 0) is 4.79 Å². The maximum absolute atomic E-state index is 11.7. The number of rotatable bonds is 8. The molecule has 0 aliphatic heterocycles. The van der Waals surface area contributed by atoms with Crippen LogP contribution in [0.15, 0.2) is 24.3 Å². The third-order valence-electron chi connectivity index (χ3n) is 2.72. The van der Waals surface area contributed by atoms with Gasteiger partial charge in [0.2, 0.25) is 5.91 Å². The number of ether oxygens (including phenoxy) is 1. The second-order valence-corrected chi connectivity index (χ2v) is 5.03. The number of likely N-dealkylation sites (N-methyl/N-ethyl adjacent to an activating group) is 1. The first-order chi connectivity index (χ1) is 9.15. The second kappa shape index (κ2) is 9.05. The Labute approximate surface area is 124 Å². The van der Waals surface area contributed by atoms with Crippen LogP contribution in [-0.4, -0.2) is 36.9 Å². The molecular formula is C14H19Cl2NO2. The molecular weight excluding hydrogens is 285 g/mol. The number of unbranched alkanes of at least 4 members (excludes halogenated alkanes) is 1.